The van der Waals surface area contributed by atoms with Crippen molar-refractivity contribution in [3.63, 3.8) is 0 Å². The Balaban J connectivity index is 1.74. The van der Waals surface area contributed by atoms with Crippen molar-refractivity contribution in [1.29, 1.82) is 0 Å². The van der Waals surface area contributed by atoms with Crippen molar-refractivity contribution in [1.82, 2.24) is 0 Å². The minimum Gasteiger partial charge on any atom is -0.298 e. The molecule has 0 amide bonds. The van der Waals surface area contributed by atoms with Crippen LogP contribution in [0.1, 0.15) is 42.0 Å². The van der Waals surface area contributed by atoms with Gasteiger partial charge in [0.2, 0.25) is 0 Å². The van der Waals surface area contributed by atoms with Gasteiger partial charge < -0.3 is 0 Å². The summed E-state index contributed by atoms with van der Waals surface area (Å²) in [5.74, 6) is 0.412. The predicted molar refractivity (Wildman–Crippen MR) is 103 cm³/mol. The molecule has 1 fully saturated rings. The Morgan fingerprint density at radius 2 is 1.71 bits per heavy atom. The maximum absolute atomic E-state index is 12.3. The number of carbonyl (C=O) groups excluding carboxylic acids is 1. The fourth-order valence-corrected chi connectivity index (χ4v) is 5.24. The second kappa shape index (κ2) is 6.76. The van der Waals surface area contributed by atoms with Crippen LogP contribution in [0.2, 0.25) is 0 Å². The van der Waals surface area contributed by atoms with E-state index in [0.29, 0.717) is 5.78 Å². The van der Waals surface area contributed by atoms with Gasteiger partial charge in [-0.2, -0.15) is 0 Å². The van der Waals surface area contributed by atoms with Crippen LogP contribution in [0.4, 0.5) is 0 Å². The highest BCUT2D eigenvalue weighted by Crippen LogP contribution is 2.51. The molecule has 2 aromatic rings. The van der Waals surface area contributed by atoms with Crippen LogP contribution in [-0.2, 0) is 11.2 Å². The van der Waals surface area contributed by atoms with Gasteiger partial charge in [-0.05, 0) is 55.7 Å². The van der Waals surface area contributed by atoms with E-state index in [0.717, 1.165) is 19.3 Å². The summed E-state index contributed by atoms with van der Waals surface area (Å²) in [6.07, 6.45) is 2.85. The van der Waals surface area contributed by atoms with Gasteiger partial charge in [-0.3, -0.25) is 4.79 Å². The lowest BCUT2D eigenvalue weighted by Gasteiger charge is -2.45. The molecule has 1 saturated carbocycles. The minimum absolute atomic E-state index is 0.0984. The highest BCUT2D eigenvalue weighted by molar-refractivity contribution is 8.00. The number of rotatable bonds is 5. The summed E-state index contributed by atoms with van der Waals surface area (Å²) in [5, 5.41) is 0.0984. The summed E-state index contributed by atoms with van der Waals surface area (Å²) in [4.78, 5) is 13.6. The fourth-order valence-electron chi connectivity index (χ4n) is 3.81. The summed E-state index contributed by atoms with van der Waals surface area (Å²) >= 11 is 1.79. The molecule has 2 aromatic carbocycles. The molecule has 0 saturated heterocycles. The first-order valence-corrected chi connectivity index (χ1v) is 9.58. The quantitative estimate of drug-likeness (QED) is 0.697. The monoisotopic (exact) mass is 338 g/mol. The summed E-state index contributed by atoms with van der Waals surface area (Å²) in [6, 6.07) is 15.0. The molecule has 0 aliphatic heterocycles. The van der Waals surface area contributed by atoms with Gasteiger partial charge in [0.25, 0.3) is 0 Å². The maximum atomic E-state index is 12.3. The standard InChI is InChI=1S/C22H26OS/c1-15-12-16(2)20(17(3)13-15)24-21-19(23)14-22(21,4)11-10-18-8-6-5-7-9-18/h5-9,12-13,21H,10-11,14H2,1-4H3/t21-,22-/m1/s1. The topological polar surface area (TPSA) is 17.1 Å². The molecule has 1 aliphatic rings. The lowest BCUT2D eigenvalue weighted by Crippen LogP contribution is -2.49. The van der Waals surface area contributed by atoms with E-state index in [-0.39, 0.29) is 10.7 Å². The van der Waals surface area contributed by atoms with Crippen molar-refractivity contribution >= 4 is 17.5 Å². The molecule has 0 unspecified atom stereocenters. The van der Waals surface area contributed by atoms with Crippen LogP contribution < -0.4 is 0 Å². The van der Waals surface area contributed by atoms with Gasteiger partial charge in [-0.15, -0.1) is 11.8 Å². The van der Waals surface area contributed by atoms with E-state index in [1.54, 1.807) is 11.8 Å². The Morgan fingerprint density at radius 3 is 2.29 bits per heavy atom. The van der Waals surface area contributed by atoms with Crippen LogP contribution in [0, 0.1) is 26.2 Å². The number of thioether (sulfide) groups is 1. The first-order chi connectivity index (χ1) is 11.4. The lowest BCUT2D eigenvalue weighted by molar-refractivity contribution is -0.130. The number of benzene rings is 2. The van der Waals surface area contributed by atoms with Crippen molar-refractivity contribution in [3.8, 4) is 0 Å². The van der Waals surface area contributed by atoms with Crippen LogP contribution in [0.3, 0.4) is 0 Å². The Hall–Kier alpha value is -1.54. The Labute approximate surface area is 149 Å². The number of ketones is 1. The molecule has 0 heterocycles. The summed E-state index contributed by atoms with van der Waals surface area (Å²) in [6.45, 7) is 8.74. The van der Waals surface area contributed by atoms with E-state index >= 15 is 0 Å². The first kappa shape index (κ1) is 17.3. The number of carbonyl (C=O) groups is 1. The van der Waals surface area contributed by atoms with Crippen molar-refractivity contribution < 1.29 is 4.79 Å². The van der Waals surface area contributed by atoms with Crippen LogP contribution >= 0.6 is 11.8 Å². The third kappa shape index (κ3) is 3.44. The van der Waals surface area contributed by atoms with E-state index < -0.39 is 0 Å². The largest absolute Gasteiger partial charge is 0.298 e. The van der Waals surface area contributed by atoms with Gasteiger partial charge in [0, 0.05) is 11.3 Å². The molecule has 126 valence electrons. The molecule has 0 N–H and O–H groups in total. The SMILES string of the molecule is Cc1cc(C)c(S[C@@H]2C(=O)C[C@@]2(C)CCc2ccccc2)c(C)c1. The zero-order valence-electron chi connectivity index (χ0n) is 15.1. The fraction of sp³-hybridized carbons (Fsp3) is 0.409. The van der Waals surface area contributed by atoms with E-state index in [4.69, 9.17) is 0 Å². The molecular formula is C22H26OS. The third-order valence-electron chi connectivity index (χ3n) is 5.17. The van der Waals surface area contributed by atoms with Gasteiger partial charge in [0.15, 0.2) is 0 Å². The van der Waals surface area contributed by atoms with Crippen LogP contribution in [0.25, 0.3) is 0 Å². The average Bonchev–Trinajstić information content (AvgIpc) is 2.52. The normalized spacial score (nSPS) is 23.2. The number of Topliss-reactive ketones (excluding diaryl/α,β-unsaturated/α-hetero) is 1. The summed E-state index contributed by atoms with van der Waals surface area (Å²) in [5.41, 5.74) is 5.36. The van der Waals surface area contributed by atoms with Gasteiger partial charge >= 0.3 is 0 Å². The molecule has 3 rings (SSSR count). The van der Waals surface area contributed by atoms with E-state index in [1.807, 2.05) is 0 Å². The van der Waals surface area contributed by atoms with Crippen molar-refractivity contribution in [2.75, 3.05) is 0 Å². The smallest absolute Gasteiger partial charge is 0.147 e. The molecule has 1 nitrogen and oxygen atoms in total. The highest BCUT2D eigenvalue weighted by atomic mass is 32.2. The van der Waals surface area contributed by atoms with Gasteiger partial charge in [0.1, 0.15) is 5.78 Å². The Kier molecular flexibility index (Phi) is 4.87. The zero-order valence-corrected chi connectivity index (χ0v) is 15.9. The van der Waals surface area contributed by atoms with E-state index in [1.165, 1.54) is 27.1 Å². The average molecular weight is 339 g/mol. The Morgan fingerprint density at radius 1 is 1.08 bits per heavy atom. The molecule has 2 atom stereocenters. The van der Waals surface area contributed by atoms with E-state index in [2.05, 4.69) is 70.2 Å². The van der Waals surface area contributed by atoms with Crippen LogP contribution in [0.5, 0.6) is 0 Å². The number of hydrogen-bond donors (Lipinski definition) is 0. The third-order valence-corrected chi connectivity index (χ3v) is 7.12. The van der Waals surface area contributed by atoms with Crippen molar-refractivity contribution in [3.05, 3.63) is 64.7 Å². The van der Waals surface area contributed by atoms with E-state index in [9.17, 15) is 4.79 Å². The second-order valence-corrected chi connectivity index (χ2v) is 8.62. The van der Waals surface area contributed by atoms with Crippen LogP contribution in [0.15, 0.2) is 47.4 Å². The highest BCUT2D eigenvalue weighted by Gasteiger charge is 2.50. The second-order valence-electron chi connectivity index (χ2n) is 7.51. The molecule has 0 radical (unpaired) electrons. The predicted octanol–water partition coefficient (Wildman–Crippen LogP) is 5.68. The Bertz CT molecular complexity index is 727. The lowest BCUT2D eigenvalue weighted by atomic mass is 9.66. The zero-order chi connectivity index (χ0) is 17.3. The maximum Gasteiger partial charge on any atom is 0.147 e. The molecule has 0 aromatic heterocycles. The van der Waals surface area contributed by atoms with Crippen LogP contribution in [-0.4, -0.2) is 11.0 Å². The van der Waals surface area contributed by atoms with Gasteiger partial charge in [-0.25, -0.2) is 0 Å². The minimum atomic E-state index is 0.0984. The van der Waals surface area contributed by atoms with Gasteiger partial charge in [0.05, 0.1) is 5.25 Å². The van der Waals surface area contributed by atoms with Gasteiger partial charge in [-0.1, -0.05) is 55.0 Å². The molecule has 2 heteroatoms. The molecule has 0 spiro atoms. The van der Waals surface area contributed by atoms with Crippen molar-refractivity contribution in [2.24, 2.45) is 5.41 Å². The number of aryl methyl sites for hydroxylation is 4. The van der Waals surface area contributed by atoms with Crippen molar-refractivity contribution in [2.45, 2.75) is 57.1 Å². The molecule has 0 bridgehead atoms. The first-order valence-electron chi connectivity index (χ1n) is 8.70. The molecular weight excluding hydrogens is 312 g/mol. The summed E-state index contributed by atoms with van der Waals surface area (Å²) in [7, 11) is 0. The summed E-state index contributed by atoms with van der Waals surface area (Å²) < 4.78 is 0. The molecule has 1 aliphatic carbocycles. The molecule has 24 heavy (non-hydrogen) atoms. The number of hydrogen-bond acceptors (Lipinski definition) is 2.